The van der Waals surface area contributed by atoms with Crippen molar-refractivity contribution < 1.29 is 9.59 Å². The molecule has 0 spiro atoms. The van der Waals surface area contributed by atoms with Gasteiger partial charge in [-0.1, -0.05) is 52.0 Å². The Bertz CT molecular complexity index is 856. The van der Waals surface area contributed by atoms with Gasteiger partial charge in [0.05, 0.1) is 5.75 Å². The summed E-state index contributed by atoms with van der Waals surface area (Å²) in [5.41, 5.74) is 3.97. The third-order valence-corrected chi connectivity index (χ3v) is 5.85. The number of nitrogens with one attached hydrogen (secondary N) is 1. The van der Waals surface area contributed by atoms with Crippen LogP contribution in [-0.2, 0) is 16.0 Å². The van der Waals surface area contributed by atoms with E-state index in [0.717, 1.165) is 23.4 Å². The molecule has 0 bridgehead atoms. The van der Waals surface area contributed by atoms with E-state index >= 15 is 0 Å². The summed E-state index contributed by atoms with van der Waals surface area (Å²) in [4.78, 5) is 26.6. The summed E-state index contributed by atoms with van der Waals surface area (Å²) in [5.74, 6) is 0.625. The van der Waals surface area contributed by atoms with Crippen molar-refractivity contribution in [1.29, 1.82) is 0 Å². The van der Waals surface area contributed by atoms with Crippen molar-refractivity contribution in [3.05, 3.63) is 59.7 Å². The number of hydrogen-bond donors (Lipinski definition) is 1. The molecule has 1 unspecified atom stereocenters. The number of amides is 2. The number of carbonyl (C=O) groups excluding carboxylic acids is 2. The second-order valence-electron chi connectivity index (χ2n) is 8.36. The first-order valence-electron chi connectivity index (χ1n) is 9.69. The predicted octanol–water partition coefficient (Wildman–Crippen LogP) is 5.40. The molecule has 5 heteroatoms. The van der Waals surface area contributed by atoms with Crippen molar-refractivity contribution in [2.75, 3.05) is 16.0 Å². The standard InChI is InChI=1S/C23H28N2O2S/c1-5-16-7-6-8-19(13-16)25-21(27)15-28-22(25)17-9-11-18(12-10-17)24-20(26)14-23(2,3)4/h6-13,22H,5,14-15H2,1-4H3,(H,24,26). The molecule has 1 saturated heterocycles. The fraction of sp³-hybridized carbons (Fsp3) is 0.391. The highest BCUT2D eigenvalue weighted by Crippen LogP contribution is 2.42. The van der Waals surface area contributed by atoms with Crippen molar-refractivity contribution in [3.8, 4) is 0 Å². The molecule has 0 saturated carbocycles. The maximum absolute atomic E-state index is 12.6. The third kappa shape index (κ3) is 4.96. The molecule has 1 N–H and O–H groups in total. The van der Waals surface area contributed by atoms with Crippen LogP contribution in [0, 0.1) is 5.41 Å². The normalized spacial score (nSPS) is 17.1. The van der Waals surface area contributed by atoms with Crippen molar-refractivity contribution in [2.24, 2.45) is 5.41 Å². The smallest absolute Gasteiger partial charge is 0.238 e. The Kier molecular flexibility index (Phi) is 6.14. The lowest BCUT2D eigenvalue weighted by atomic mass is 9.92. The molecule has 28 heavy (non-hydrogen) atoms. The third-order valence-electron chi connectivity index (χ3n) is 4.64. The molecule has 1 atom stereocenters. The van der Waals surface area contributed by atoms with Gasteiger partial charge in [-0.3, -0.25) is 14.5 Å². The predicted molar refractivity (Wildman–Crippen MR) is 118 cm³/mol. The lowest BCUT2D eigenvalue weighted by Gasteiger charge is -2.25. The average molecular weight is 397 g/mol. The van der Waals surface area contributed by atoms with Gasteiger partial charge in [0, 0.05) is 17.8 Å². The van der Waals surface area contributed by atoms with Crippen LogP contribution < -0.4 is 10.2 Å². The van der Waals surface area contributed by atoms with Crippen LogP contribution in [0.2, 0.25) is 0 Å². The summed E-state index contributed by atoms with van der Waals surface area (Å²) in [6, 6.07) is 16.0. The summed E-state index contributed by atoms with van der Waals surface area (Å²) in [6.07, 6.45) is 1.42. The first kappa shape index (κ1) is 20.5. The van der Waals surface area contributed by atoms with Gasteiger partial charge in [-0.2, -0.15) is 0 Å². The fourth-order valence-electron chi connectivity index (χ4n) is 3.29. The zero-order valence-electron chi connectivity index (χ0n) is 17.0. The van der Waals surface area contributed by atoms with E-state index in [9.17, 15) is 9.59 Å². The summed E-state index contributed by atoms with van der Waals surface area (Å²) < 4.78 is 0. The number of rotatable bonds is 5. The largest absolute Gasteiger partial charge is 0.326 e. The van der Waals surface area contributed by atoms with Crippen molar-refractivity contribution >= 4 is 35.0 Å². The molecule has 0 radical (unpaired) electrons. The number of benzene rings is 2. The molecule has 4 nitrogen and oxygen atoms in total. The zero-order chi connectivity index (χ0) is 20.3. The van der Waals surface area contributed by atoms with Gasteiger partial charge in [0.2, 0.25) is 11.8 Å². The van der Waals surface area contributed by atoms with Crippen LogP contribution in [-0.4, -0.2) is 17.6 Å². The van der Waals surface area contributed by atoms with Crippen LogP contribution in [0.3, 0.4) is 0 Å². The Morgan fingerprint density at radius 2 is 1.89 bits per heavy atom. The zero-order valence-corrected chi connectivity index (χ0v) is 17.8. The van der Waals surface area contributed by atoms with E-state index in [-0.39, 0.29) is 22.6 Å². The van der Waals surface area contributed by atoms with Gasteiger partial charge < -0.3 is 5.32 Å². The number of hydrogen-bond acceptors (Lipinski definition) is 3. The highest BCUT2D eigenvalue weighted by Gasteiger charge is 2.34. The van der Waals surface area contributed by atoms with Crippen LogP contribution in [0.25, 0.3) is 0 Å². The van der Waals surface area contributed by atoms with Crippen LogP contribution in [0.5, 0.6) is 0 Å². The van der Waals surface area contributed by atoms with Crippen LogP contribution in [0.1, 0.15) is 50.6 Å². The topological polar surface area (TPSA) is 49.4 Å². The summed E-state index contributed by atoms with van der Waals surface area (Å²) in [6.45, 7) is 8.26. The molecule has 1 aliphatic heterocycles. The Balaban J connectivity index is 1.76. The number of nitrogens with zero attached hydrogens (tertiary/aromatic N) is 1. The van der Waals surface area contributed by atoms with Gasteiger partial charge in [-0.25, -0.2) is 0 Å². The van der Waals surface area contributed by atoms with Gasteiger partial charge in [0.1, 0.15) is 5.37 Å². The maximum atomic E-state index is 12.6. The monoisotopic (exact) mass is 396 g/mol. The minimum Gasteiger partial charge on any atom is -0.326 e. The quantitative estimate of drug-likeness (QED) is 0.736. The average Bonchev–Trinajstić information content (AvgIpc) is 3.02. The van der Waals surface area contributed by atoms with E-state index in [2.05, 4.69) is 24.4 Å². The molecular weight excluding hydrogens is 368 g/mol. The lowest BCUT2D eigenvalue weighted by Crippen LogP contribution is -2.27. The van der Waals surface area contributed by atoms with E-state index in [1.807, 2.05) is 62.1 Å². The van der Waals surface area contributed by atoms with E-state index in [1.165, 1.54) is 5.56 Å². The van der Waals surface area contributed by atoms with E-state index in [0.29, 0.717) is 12.2 Å². The molecule has 148 valence electrons. The number of thioether (sulfide) groups is 1. The fourth-order valence-corrected chi connectivity index (χ4v) is 4.47. The molecule has 2 aromatic rings. The van der Waals surface area contributed by atoms with Crippen LogP contribution >= 0.6 is 11.8 Å². The summed E-state index contributed by atoms with van der Waals surface area (Å²) in [7, 11) is 0. The van der Waals surface area contributed by atoms with Crippen molar-refractivity contribution in [3.63, 3.8) is 0 Å². The van der Waals surface area contributed by atoms with Gasteiger partial charge in [0.15, 0.2) is 0 Å². The van der Waals surface area contributed by atoms with E-state index in [1.54, 1.807) is 11.8 Å². The second kappa shape index (κ2) is 8.39. The van der Waals surface area contributed by atoms with Crippen molar-refractivity contribution in [1.82, 2.24) is 0 Å². The van der Waals surface area contributed by atoms with E-state index in [4.69, 9.17) is 0 Å². The van der Waals surface area contributed by atoms with Gasteiger partial charge in [-0.15, -0.1) is 11.8 Å². The molecule has 2 aromatic carbocycles. The number of carbonyl (C=O) groups is 2. The van der Waals surface area contributed by atoms with Gasteiger partial charge >= 0.3 is 0 Å². The molecule has 1 fully saturated rings. The SMILES string of the molecule is CCc1cccc(N2C(=O)CSC2c2ccc(NC(=O)CC(C)(C)C)cc2)c1. The maximum Gasteiger partial charge on any atom is 0.238 e. The highest BCUT2D eigenvalue weighted by atomic mass is 32.2. The highest BCUT2D eigenvalue weighted by molar-refractivity contribution is 8.00. The molecule has 1 heterocycles. The Morgan fingerprint density at radius 3 is 2.54 bits per heavy atom. The van der Waals surface area contributed by atoms with E-state index < -0.39 is 0 Å². The van der Waals surface area contributed by atoms with Gasteiger partial charge in [-0.05, 0) is 47.2 Å². The molecule has 1 aliphatic rings. The Hall–Kier alpha value is -2.27. The molecule has 0 aliphatic carbocycles. The lowest BCUT2D eigenvalue weighted by molar-refractivity contribution is -0.118. The van der Waals surface area contributed by atoms with Crippen LogP contribution in [0.15, 0.2) is 48.5 Å². The molecular formula is C23H28N2O2S. The minimum atomic E-state index is -0.0433. The van der Waals surface area contributed by atoms with Gasteiger partial charge in [0.25, 0.3) is 0 Å². The first-order chi connectivity index (χ1) is 13.3. The second-order valence-corrected chi connectivity index (χ2v) is 9.43. The number of aryl methyl sites for hydroxylation is 1. The Labute approximate surface area is 171 Å². The molecule has 3 rings (SSSR count). The van der Waals surface area contributed by atoms with Crippen molar-refractivity contribution in [2.45, 2.75) is 45.9 Å². The minimum absolute atomic E-state index is 0.0173. The summed E-state index contributed by atoms with van der Waals surface area (Å²) in [5, 5.41) is 2.91. The molecule has 0 aromatic heterocycles. The Morgan fingerprint density at radius 1 is 1.18 bits per heavy atom. The number of anilines is 2. The molecule has 2 amide bonds. The first-order valence-corrected chi connectivity index (χ1v) is 10.7. The van der Waals surface area contributed by atoms with Crippen LogP contribution in [0.4, 0.5) is 11.4 Å². The summed E-state index contributed by atoms with van der Waals surface area (Å²) >= 11 is 1.64.